The highest BCUT2D eigenvalue weighted by Gasteiger charge is 2.28. The van der Waals surface area contributed by atoms with Gasteiger partial charge in [0, 0.05) is 19.0 Å². The SMILES string of the molecule is CCOC(=O)CC(c1ccc2c(c1)CN(C(=O)OC(C)(C)C)CC2)c1ccc2c(nnn2CCOCCOS(C)(=O)=O)c1C. The number of ether oxygens (including phenoxy) is 3. The maximum absolute atomic E-state index is 12.8. The third-order valence-electron chi connectivity index (χ3n) is 7.30. The summed E-state index contributed by atoms with van der Waals surface area (Å²) in [5.41, 5.74) is 5.93. The molecule has 240 valence electrons. The molecule has 4 rings (SSSR count). The molecule has 1 atom stereocenters. The van der Waals surface area contributed by atoms with Crippen LogP contribution in [0.15, 0.2) is 30.3 Å². The molecule has 0 saturated carbocycles. The Labute approximate surface area is 258 Å². The number of aryl methyl sites for hydroxylation is 1. The Hall–Kier alpha value is -3.55. The van der Waals surface area contributed by atoms with Gasteiger partial charge in [-0.05, 0) is 74.9 Å². The van der Waals surface area contributed by atoms with Crippen molar-refractivity contribution in [2.45, 2.75) is 72.1 Å². The molecule has 0 bridgehead atoms. The molecule has 1 aromatic heterocycles. The summed E-state index contributed by atoms with van der Waals surface area (Å²) in [5.74, 6) is -0.602. The van der Waals surface area contributed by atoms with E-state index in [1.165, 1.54) is 5.56 Å². The van der Waals surface area contributed by atoms with Crippen molar-refractivity contribution in [2.75, 3.05) is 39.2 Å². The van der Waals surface area contributed by atoms with E-state index >= 15 is 0 Å². The van der Waals surface area contributed by atoms with Crippen molar-refractivity contribution < 1.29 is 36.4 Å². The lowest BCUT2D eigenvalue weighted by molar-refractivity contribution is -0.143. The molecule has 12 nitrogen and oxygen atoms in total. The Kier molecular flexibility index (Phi) is 10.6. The number of rotatable bonds is 12. The van der Waals surface area contributed by atoms with E-state index in [1.807, 2.05) is 39.8 Å². The predicted molar refractivity (Wildman–Crippen MR) is 164 cm³/mol. The zero-order valence-electron chi connectivity index (χ0n) is 26.3. The first-order valence-corrected chi connectivity index (χ1v) is 16.6. The molecule has 0 N–H and O–H groups in total. The number of nitrogens with zero attached hydrogens (tertiary/aromatic N) is 4. The minimum absolute atomic E-state index is 0.0526. The topological polar surface area (TPSA) is 139 Å². The molecule has 1 aliphatic heterocycles. The molecule has 0 saturated heterocycles. The van der Waals surface area contributed by atoms with E-state index in [0.717, 1.165) is 40.4 Å². The van der Waals surface area contributed by atoms with Crippen molar-refractivity contribution in [1.29, 1.82) is 0 Å². The lowest BCUT2D eigenvalue weighted by atomic mass is 9.83. The highest BCUT2D eigenvalue weighted by Crippen LogP contribution is 2.35. The Balaban J connectivity index is 1.57. The van der Waals surface area contributed by atoms with Gasteiger partial charge in [-0.3, -0.25) is 8.98 Å². The van der Waals surface area contributed by atoms with Crippen molar-refractivity contribution >= 4 is 33.2 Å². The zero-order chi connectivity index (χ0) is 32.1. The lowest BCUT2D eigenvalue weighted by Gasteiger charge is -2.32. The third kappa shape index (κ3) is 8.76. The number of aromatic nitrogens is 3. The lowest BCUT2D eigenvalue weighted by Crippen LogP contribution is -2.39. The second-order valence-electron chi connectivity index (χ2n) is 11.8. The monoisotopic (exact) mass is 630 g/mol. The van der Waals surface area contributed by atoms with Crippen LogP contribution in [0.2, 0.25) is 0 Å². The molecule has 44 heavy (non-hydrogen) atoms. The standard InChI is InChI=1S/C31H42N4O8S/c1-7-41-28(36)19-26(23-9-8-22-12-13-34(20-24(22)18-23)30(37)43-31(3,4)5)25-10-11-27-29(21(25)2)32-33-35(27)14-15-40-16-17-42-44(6,38)39/h8-11,18,26H,7,12-17,19-20H2,1-6H3. The Bertz CT molecular complexity index is 1600. The molecule has 0 fully saturated rings. The molecule has 1 aliphatic rings. The fourth-order valence-electron chi connectivity index (χ4n) is 5.29. The van der Waals surface area contributed by atoms with Gasteiger partial charge in [0.25, 0.3) is 10.1 Å². The van der Waals surface area contributed by atoms with E-state index in [2.05, 4.69) is 32.7 Å². The summed E-state index contributed by atoms with van der Waals surface area (Å²) in [6.45, 7) is 11.4. The van der Waals surface area contributed by atoms with E-state index in [4.69, 9.17) is 14.2 Å². The van der Waals surface area contributed by atoms with E-state index in [9.17, 15) is 18.0 Å². The smallest absolute Gasteiger partial charge is 0.410 e. The van der Waals surface area contributed by atoms with Gasteiger partial charge in [0.05, 0.1) is 51.2 Å². The molecular weight excluding hydrogens is 588 g/mol. The highest BCUT2D eigenvalue weighted by molar-refractivity contribution is 7.85. The van der Waals surface area contributed by atoms with E-state index in [-0.39, 0.29) is 44.2 Å². The van der Waals surface area contributed by atoms with Crippen molar-refractivity contribution in [1.82, 2.24) is 19.9 Å². The van der Waals surface area contributed by atoms with Crippen molar-refractivity contribution in [3.63, 3.8) is 0 Å². The van der Waals surface area contributed by atoms with E-state index in [0.29, 0.717) is 31.8 Å². The Morgan fingerprint density at radius 2 is 1.84 bits per heavy atom. The molecule has 0 radical (unpaired) electrons. The quantitative estimate of drug-likeness (QED) is 0.163. The molecule has 2 aromatic carbocycles. The predicted octanol–water partition coefficient (Wildman–Crippen LogP) is 4.11. The van der Waals surface area contributed by atoms with Crippen LogP contribution in [0, 0.1) is 6.92 Å². The summed E-state index contributed by atoms with van der Waals surface area (Å²) in [5, 5.41) is 8.73. The van der Waals surface area contributed by atoms with Crippen molar-refractivity contribution in [3.05, 3.63) is 58.1 Å². The molecule has 1 unspecified atom stereocenters. The maximum Gasteiger partial charge on any atom is 0.410 e. The summed E-state index contributed by atoms with van der Waals surface area (Å²) in [4.78, 5) is 27.3. The average molecular weight is 631 g/mol. The third-order valence-corrected chi connectivity index (χ3v) is 7.90. The van der Waals surface area contributed by atoms with Crippen LogP contribution in [-0.2, 0) is 52.8 Å². The second kappa shape index (κ2) is 14.0. The van der Waals surface area contributed by atoms with Gasteiger partial charge in [0.1, 0.15) is 11.1 Å². The molecule has 2 heterocycles. The normalized spacial score (nSPS) is 14.4. The second-order valence-corrected chi connectivity index (χ2v) is 13.5. The summed E-state index contributed by atoms with van der Waals surface area (Å²) in [6, 6.07) is 10.2. The minimum atomic E-state index is -3.50. The number of amides is 1. The van der Waals surface area contributed by atoms with Gasteiger partial charge in [-0.15, -0.1) is 5.10 Å². The van der Waals surface area contributed by atoms with Gasteiger partial charge in [0.2, 0.25) is 0 Å². The van der Waals surface area contributed by atoms with Crippen LogP contribution < -0.4 is 0 Å². The molecule has 0 aliphatic carbocycles. The van der Waals surface area contributed by atoms with Gasteiger partial charge in [-0.25, -0.2) is 9.48 Å². The molecule has 13 heteroatoms. The zero-order valence-corrected chi connectivity index (χ0v) is 27.1. The number of carbonyl (C=O) groups is 2. The fourth-order valence-corrected chi connectivity index (χ4v) is 5.66. The number of hydrogen-bond acceptors (Lipinski definition) is 10. The summed E-state index contributed by atoms with van der Waals surface area (Å²) >= 11 is 0. The van der Waals surface area contributed by atoms with E-state index in [1.54, 1.807) is 16.5 Å². The van der Waals surface area contributed by atoms with Crippen LogP contribution in [0.25, 0.3) is 11.0 Å². The average Bonchev–Trinajstić information content (AvgIpc) is 3.36. The van der Waals surface area contributed by atoms with Crippen LogP contribution in [0.1, 0.15) is 67.9 Å². The fraction of sp³-hybridized carbons (Fsp3) is 0.548. The van der Waals surface area contributed by atoms with Crippen LogP contribution >= 0.6 is 0 Å². The first-order chi connectivity index (χ1) is 20.8. The number of esters is 1. The summed E-state index contributed by atoms with van der Waals surface area (Å²) < 4.78 is 45.0. The molecule has 1 amide bonds. The van der Waals surface area contributed by atoms with Crippen LogP contribution in [0.3, 0.4) is 0 Å². The van der Waals surface area contributed by atoms with Crippen molar-refractivity contribution in [3.8, 4) is 0 Å². The summed E-state index contributed by atoms with van der Waals surface area (Å²) in [6.07, 6.45) is 1.52. The maximum atomic E-state index is 12.8. The minimum Gasteiger partial charge on any atom is -0.466 e. The molecule has 0 spiro atoms. The number of benzene rings is 2. The highest BCUT2D eigenvalue weighted by atomic mass is 32.2. The largest absolute Gasteiger partial charge is 0.466 e. The van der Waals surface area contributed by atoms with Gasteiger partial charge in [-0.1, -0.05) is 29.5 Å². The molecule has 3 aromatic rings. The number of carbonyl (C=O) groups excluding carboxylic acids is 2. The first-order valence-electron chi connectivity index (χ1n) is 14.8. The van der Waals surface area contributed by atoms with Gasteiger partial charge in [-0.2, -0.15) is 8.42 Å². The van der Waals surface area contributed by atoms with Crippen LogP contribution in [-0.4, -0.2) is 85.2 Å². The van der Waals surface area contributed by atoms with Crippen molar-refractivity contribution in [2.24, 2.45) is 0 Å². The number of fused-ring (bicyclic) bond motifs is 2. The first kappa shape index (κ1) is 33.3. The molecular formula is C31H42N4O8S. The number of hydrogen-bond donors (Lipinski definition) is 0. The van der Waals surface area contributed by atoms with Crippen LogP contribution in [0.4, 0.5) is 4.79 Å². The Morgan fingerprint density at radius 3 is 2.55 bits per heavy atom. The van der Waals surface area contributed by atoms with E-state index < -0.39 is 15.7 Å². The van der Waals surface area contributed by atoms with Gasteiger partial charge in [0.15, 0.2) is 0 Å². The van der Waals surface area contributed by atoms with Gasteiger partial charge >= 0.3 is 12.1 Å². The Morgan fingerprint density at radius 1 is 1.07 bits per heavy atom. The summed E-state index contributed by atoms with van der Waals surface area (Å²) in [7, 11) is -3.50. The van der Waals surface area contributed by atoms with Crippen LogP contribution in [0.5, 0.6) is 0 Å². The van der Waals surface area contributed by atoms with Gasteiger partial charge < -0.3 is 19.1 Å².